The molecule has 0 unspecified atom stereocenters. The van der Waals surface area contributed by atoms with Crippen molar-refractivity contribution in [1.82, 2.24) is 30.7 Å². The number of sulfonamides is 2. The maximum atomic E-state index is 14.5. The van der Waals surface area contributed by atoms with Crippen molar-refractivity contribution in [2.75, 3.05) is 31.7 Å². The lowest BCUT2D eigenvalue weighted by Gasteiger charge is -2.27. The lowest BCUT2D eigenvalue weighted by molar-refractivity contribution is -0.155. The first-order valence-corrected chi connectivity index (χ1v) is 33.6. The summed E-state index contributed by atoms with van der Waals surface area (Å²) in [5.41, 5.74) is 20.8. The molecule has 29 heteroatoms. The van der Waals surface area contributed by atoms with Crippen LogP contribution in [0.4, 0.5) is 0 Å². The zero-order chi connectivity index (χ0) is 66.8. The maximum Gasteiger partial charge on any atom is 0.328 e. The number of nitrogens with two attached hydrogens (primary N) is 3. The topological polar surface area (TPSA) is 403 Å². The molecule has 26 nitrogen and oxygen atoms in total. The van der Waals surface area contributed by atoms with Gasteiger partial charge in [0.1, 0.15) is 46.4 Å². The van der Waals surface area contributed by atoms with Gasteiger partial charge in [0.15, 0.2) is 6.04 Å². The highest BCUT2D eigenvalue weighted by atomic mass is 32.2. The Labute approximate surface area is 523 Å². The molecular weight excluding hydrogens is 1200 g/mol. The molecule has 2 aliphatic rings. The number of nitrogens with one attached hydrogen (secondary N) is 6. The lowest BCUT2D eigenvalue weighted by Crippen LogP contribution is -2.59. The normalized spacial score (nSPS) is 16.5. The zero-order valence-electron chi connectivity index (χ0n) is 54.1. The predicted octanol–water partition coefficient (Wildman–Crippen LogP) is 3.45. The maximum absolute atomic E-state index is 14.5. The summed E-state index contributed by atoms with van der Waals surface area (Å²) >= 11 is 1.35. The number of amides is 4. The number of aliphatic imine (C=N–C) groups is 2. The summed E-state index contributed by atoms with van der Waals surface area (Å²) in [5.74, 6) is -4.91. The number of ether oxygens (including phenoxy) is 4. The molecule has 2 aromatic rings. The Morgan fingerprint density at radius 1 is 0.602 bits per heavy atom. The number of nitrogens with zero attached hydrogens (tertiary/aromatic N) is 2. The van der Waals surface area contributed by atoms with Gasteiger partial charge in [-0.2, -0.15) is 11.8 Å². The van der Waals surface area contributed by atoms with Gasteiger partial charge in [-0.25, -0.2) is 31.1 Å². The summed E-state index contributed by atoms with van der Waals surface area (Å²) < 4.78 is 83.6. The summed E-state index contributed by atoms with van der Waals surface area (Å²) in [6, 6.07) is -7.16. The number of hydrogen-bond donors (Lipinski definition) is 10. The average molecular weight is 1290 g/mol. The quantitative estimate of drug-likeness (QED) is 0.0241. The molecule has 5 atom stereocenters. The van der Waals surface area contributed by atoms with Crippen LogP contribution in [0.2, 0.25) is 0 Å². The molecule has 0 saturated carbocycles. The fourth-order valence-corrected chi connectivity index (χ4v) is 13.7. The molecule has 13 N–H and O–H groups in total. The van der Waals surface area contributed by atoms with E-state index in [1.54, 1.807) is 89.3 Å². The van der Waals surface area contributed by atoms with Gasteiger partial charge in [-0.05, 0) is 195 Å². The summed E-state index contributed by atoms with van der Waals surface area (Å²) in [7, 11) is -8.51. The fourth-order valence-electron chi connectivity index (χ4n) is 10.2. The van der Waals surface area contributed by atoms with Crippen LogP contribution in [0.1, 0.15) is 159 Å². The molecule has 0 aromatic heterocycles. The molecule has 0 bridgehead atoms. The summed E-state index contributed by atoms with van der Waals surface area (Å²) in [5, 5.41) is 20.3. The second-order valence-corrected chi connectivity index (χ2v) is 29.9. The van der Waals surface area contributed by atoms with E-state index in [1.165, 1.54) is 11.8 Å². The monoisotopic (exact) mass is 1290 g/mol. The number of guanidine groups is 2. The van der Waals surface area contributed by atoms with Gasteiger partial charge in [0.05, 0.1) is 28.0 Å². The first-order chi connectivity index (χ1) is 40.4. The minimum atomic E-state index is -4.30. The number of benzene rings is 2. The Bertz CT molecular complexity index is 3240. The van der Waals surface area contributed by atoms with Crippen molar-refractivity contribution < 1.29 is 69.7 Å². The second kappa shape index (κ2) is 29.9. The highest BCUT2D eigenvalue weighted by Gasteiger charge is 2.39. The number of carboxylic acids is 1. The number of hydrogen-bond acceptors (Lipinski definition) is 18. The molecule has 0 spiro atoms. The first-order valence-electron chi connectivity index (χ1n) is 29.2. The van der Waals surface area contributed by atoms with Crippen molar-refractivity contribution in [1.29, 1.82) is 0 Å². The van der Waals surface area contributed by atoms with Gasteiger partial charge >= 0.3 is 11.9 Å². The smallest absolute Gasteiger partial charge is 0.328 e. The Morgan fingerprint density at radius 3 is 1.41 bits per heavy atom. The van der Waals surface area contributed by atoms with Crippen LogP contribution in [0.5, 0.6) is 11.5 Å². The summed E-state index contributed by atoms with van der Waals surface area (Å²) in [6.07, 6.45) is 1.85. The molecule has 2 heterocycles. The number of aliphatic carboxylic acids is 1. The molecule has 2 aliphatic heterocycles. The van der Waals surface area contributed by atoms with E-state index >= 15 is 0 Å². The van der Waals surface area contributed by atoms with Crippen LogP contribution in [-0.4, -0.2) is 154 Å². The summed E-state index contributed by atoms with van der Waals surface area (Å²) in [6.45, 7) is 27.4. The van der Waals surface area contributed by atoms with Crippen molar-refractivity contribution in [3.8, 4) is 11.5 Å². The van der Waals surface area contributed by atoms with Crippen molar-refractivity contribution >= 4 is 79.3 Å². The Balaban J connectivity index is 1.58. The van der Waals surface area contributed by atoms with Crippen LogP contribution in [0.3, 0.4) is 0 Å². The third-order valence-electron chi connectivity index (χ3n) is 14.7. The number of rotatable bonds is 29. The van der Waals surface area contributed by atoms with E-state index in [1.807, 2.05) is 27.7 Å². The molecule has 0 radical (unpaired) electrons. The van der Waals surface area contributed by atoms with Crippen LogP contribution in [0.25, 0.3) is 0 Å². The van der Waals surface area contributed by atoms with E-state index in [9.17, 15) is 50.7 Å². The van der Waals surface area contributed by atoms with Gasteiger partial charge in [-0.3, -0.25) is 34.0 Å². The van der Waals surface area contributed by atoms with Crippen LogP contribution in [0.15, 0.2) is 19.8 Å². The van der Waals surface area contributed by atoms with E-state index in [2.05, 4.69) is 40.7 Å². The van der Waals surface area contributed by atoms with E-state index in [0.717, 1.165) is 11.1 Å². The highest BCUT2D eigenvalue weighted by molar-refractivity contribution is 7.98. The number of esters is 1. The van der Waals surface area contributed by atoms with E-state index < -0.39 is 127 Å². The van der Waals surface area contributed by atoms with Gasteiger partial charge in [-0.1, -0.05) is 0 Å². The third kappa shape index (κ3) is 20.8. The van der Waals surface area contributed by atoms with Crippen LogP contribution >= 0.6 is 11.8 Å². The van der Waals surface area contributed by atoms with E-state index in [0.29, 0.717) is 63.5 Å². The Kier molecular flexibility index (Phi) is 25.2. The second-order valence-electron chi connectivity index (χ2n) is 25.6. The standard InChI is InChI=1S/C59H95N11O15S3/c1-31-33(3)47(35(5)37-28-58(13,14)84-45(31)37)87(78,79)69-54(61)63-25-18-20-39(60)49(72)65-41(22-23-44(71)83-57(10,11)12)51(74)66-40(50(73)67-42(24-27-86-17)52(75)68-43(53(76)77)30-82-56(7,8)9)21-19-26-64-55(62)70-88(80,81)48-34(4)32(2)46-38(36(48)6)29-59(15,16)85-46/h39-43H,18-30,60H2,1-17H3,(H,65,72)(H,66,74)(H,67,73)(H,68,75)(H,76,77)(H3,61,63,69)(H3,62,64,70)/t39-,40-,41-,42-,43-/m0/s1. The molecule has 0 fully saturated rings. The molecule has 494 valence electrons. The van der Waals surface area contributed by atoms with Gasteiger partial charge in [0, 0.05) is 43.5 Å². The Hall–Kier alpha value is -6.43. The van der Waals surface area contributed by atoms with Crippen LogP contribution in [-0.2, 0) is 71.1 Å². The average Bonchev–Trinajstić information content (AvgIpc) is 1.82. The van der Waals surface area contributed by atoms with Gasteiger partial charge < -0.3 is 62.5 Å². The third-order valence-corrected chi connectivity index (χ3v) is 18.6. The van der Waals surface area contributed by atoms with Crippen molar-refractivity contribution in [2.24, 2.45) is 27.2 Å². The van der Waals surface area contributed by atoms with Crippen LogP contribution in [0, 0.1) is 41.5 Å². The van der Waals surface area contributed by atoms with Crippen molar-refractivity contribution in [2.45, 2.75) is 231 Å². The summed E-state index contributed by atoms with van der Waals surface area (Å²) in [4.78, 5) is 90.5. The predicted molar refractivity (Wildman–Crippen MR) is 337 cm³/mol. The zero-order valence-corrected chi connectivity index (χ0v) is 56.5. The molecule has 88 heavy (non-hydrogen) atoms. The fraction of sp³-hybridized carbons (Fsp3) is 0.661. The number of carboxylic acid groups (broad SMARTS) is 1. The molecule has 4 amide bonds. The molecular formula is C59H95N11O15S3. The minimum absolute atomic E-state index is 0.0173. The Morgan fingerprint density at radius 2 is 1.00 bits per heavy atom. The van der Waals surface area contributed by atoms with Crippen molar-refractivity contribution in [3.05, 3.63) is 44.5 Å². The van der Waals surface area contributed by atoms with Gasteiger partial charge in [0.25, 0.3) is 20.0 Å². The first kappa shape index (κ1) is 74.0. The van der Waals surface area contributed by atoms with E-state index in [4.69, 9.17) is 36.1 Å². The minimum Gasteiger partial charge on any atom is -0.487 e. The highest BCUT2D eigenvalue weighted by Crippen LogP contribution is 2.45. The van der Waals surface area contributed by atoms with Gasteiger partial charge in [0.2, 0.25) is 35.5 Å². The number of fused-ring (bicyclic) bond motifs is 2. The molecule has 0 saturated heterocycles. The number of carbonyl (C=O) groups excluding carboxylic acids is 5. The van der Waals surface area contributed by atoms with E-state index in [-0.39, 0.29) is 67.8 Å². The number of carbonyl (C=O) groups is 6. The van der Waals surface area contributed by atoms with Crippen molar-refractivity contribution in [3.63, 3.8) is 0 Å². The largest absolute Gasteiger partial charge is 0.487 e. The number of thioether (sulfide) groups is 1. The lowest BCUT2D eigenvalue weighted by atomic mass is 9.94. The molecule has 0 aliphatic carbocycles. The van der Waals surface area contributed by atoms with Gasteiger partial charge in [-0.15, -0.1) is 0 Å². The van der Waals surface area contributed by atoms with Crippen LogP contribution < -0.4 is 57.4 Å². The SMILES string of the molecule is CSCC[C@H](NC(=O)[C@H](CCCN=C(N)NS(=O)(=O)c1c(C)c(C)c2c(c1C)CC(C)(C)O2)NC(=O)[C@H](CCC(=O)OC(C)(C)C)NC(=O)[C@@H](N)CCCN=C(N)NS(=O)(=O)c1c(C)c(C)c2c(c1C)CC(C)(C)O2)C(=O)N[C@@H](COC(C)(C)C)C(=O)O. The molecule has 4 rings (SSSR count). The molecule has 2 aromatic carbocycles.